The van der Waals surface area contributed by atoms with Gasteiger partial charge >= 0.3 is 0 Å². The number of sulfonamides is 1. The SMILES string of the molecule is CCN(CC)CCCNS(=O)(=O)c1ccc(C#N)cc1Cl. The third-order valence-electron chi connectivity index (χ3n) is 3.19. The van der Waals surface area contributed by atoms with Gasteiger partial charge in [0.1, 0.15) is 4.90 Å². The van der Waals surface area contributed by atoms with Gasteiger partial charge < -0.3 is 4.90 Å². The molecule has 0 saturated heterocycles. The van der Waals surface area contributed by atoms with Gasteiger partial charge in [-0.25, -0.2) is 13.1 Å². The van der Waals surface area contributed by atoms with Crippen molar-refractivity contribution in [2.75, 3.05) is 26.2 Å². The van der Waals surface area contributed by atoms with E-state index in [2.05, 4.69) is 23.5 Å². The molecule has 0 aliphatic rings. The summed E-state index contributed by atoms with van der Waals surface area (Å²) in [5.41, 5.74) is 0.334. The second kappa shape index (κ2) is 8.35. The Bertz CT molecular complexity index is 607. The number of hydrogen-bond acceptors (Lipinski definition) is 4. The predicted octanol–water partition coefficient (Wildman–Crippen LogP) is 2.22. The Kier molecular flexibility index (Phi) is 7.12. The topological polar surface area (TPSA) is 73.2 Å². The largest absolute Gasteiger partial charge is 0.304 e. The van der Waals surface area contributed by atoms with Crippen molar-refractivity contribution >= 4 is 21.6 Å². The highest BCUT2D eigenvalue weighted by molar-refractivity contribution is 7.89. The van der Waals surface area contributed by atoms with E-state index in [1.165, 1.54) is 18.2 Å². The smallest absolute Gasteiger partial charge is 0.242 e. The lowest BCUT2D eigenvalue weighted by Crippen LogP contribution is -2.30. The van der Waals surface area contributed by atoms with Crippen LogP contribution in [0.4, 0.5) is 0 Å². The van der Waals surface area contributed by atoms with E-state index in [9.17, 15) is 8.42 Å². The number of nitrogens with one attached hydrogen (secondary N) is 1. The van der Waals surface area contributed by atoms with E-state index in [0.717, 1.165) is 26.1 Å². The van der Waals surface area contributed by atoms with Crippen LogP contribution in [-0.2, 0) is 10.0 Å². The summed E-state index contributed by atoms with van der Waals surface area (Å²) in [5, 5.41) is 8.81. The van der Waals surface area contributed by atoms with Crippen LogP contribution in [0.5, 0.6) is 0 Å². The zero-order valence-electron chi connectivity index (χ0n) is 12.3. The minimum atomic E-state index is -3.64. The van der Waals surface area contributed by atoms with Crippen molar-refractivity contribution in [2.45, 2.75) is 25.2 Å². The first-order valence-corrected chi connectivity index (χ1v) is 8.72. The number of rotatable bonds is 8. The van der Waals surface area contributed by atoms with E-state index in [1.54, 1.807) is 0 Å². The van der Waals surface area contributed by atoms with Gasteiger partial charge in [0, 0.05) is 6.54 Å². The molecule has 0 aliphatic carbocycles. The van der Waals surface area contributed by atoms with Crippen molar-refractivity contribution in [1.82, 2.24) is 9.62 Å². The number of hydrogen-bond donors (Lipinski definition) is 1. The van der Waals surface area contributed by atoms with E-state index in [1.807, 2.05) is 6.07 Å². The van der Waals surface area contributed by atoms with Crippen molar-refractivity contribution in [3.05, 3.63) is 28.8 Å². The van der Waals surface area contributed by atoms with Gasteiger partial charge in [0.05, 0.1) is 16.7 Å². The van der Waals surface area contributed by atoms with Gasteiger partial charge in [-0.2, -0.15) is 5.26 Å². The summed E-state index contributed by atoms with van der Waals surface area (Å²) >= 11 is 5.92. The molecule has 0 spiro atoms. The molecule has 1 aromatic carbocycles. The van der Waals surface area contributed by atoms with E-state index in [-0.39, 0.29) is 9.92 Å². The highest BCUT2D eigenvalue weighted by atomic mass is 35.5. The van der Waals surface area contributed by atoms with Crippen LogP contribution in [0.15, 0.2) is 23.1 Å². The minimum Gasteiger partial charge on any atom is -0.304 e. The lowest BCUT2D eigenvalue weighted by atomic mass is 10.2. The maximum Gasteiger partial charge on any atom is 0.242 e. The standard InChI is InChI=1S/C14H20ClN3O2S/c1-3-18(4-2)9-5-8-17-21(19,20)14-7-6-12(11-16)10-13(14)15/h6-7,10,17H,3-5,8-9H2,1-2H3. The van der Waals surface area contributed by atoms with Crippen LogP contribution in [0.3, 0.4) is 0 Å². The molecule has 0 aliphatic heterocycles. The Hall–Kier alpha value is -1.13. The Morgan fingerprint density at radius 1 is 1.33 bits per heavy atom. The first-order valence-electron chi connectivity index (χ1n) is 6.86. The normalized spacial score (nSPS) is 11.6. The Morgan fingerprint density at radius 3 is 2.52 bits per heavy atom. The fourth-order valence-electron chi connectivity index (χ4n) is 1.92. The number of benzene rings is 1. The van der Waals surface area contributed by atoms with Crippen LogP contribution >= 0.6 is 11.6 Å². The molecule has 21 heavy (non-hydrogen) atoms. The van der Waals surface area contributed by atoms with Crippen LogP contribution in [0, 0.1) is 11.3 Å². The van der Waals surface area contributed by atoms with Crippen molar-refractivity contribution < 1.29 is 8.42 Å². The van der Waals surface area contributed by atoms with Gasteiger partial charge in [-0.05, 0) is 44.3 Å². The van der Waals surface area contributed by atoms with Crippen LogP contribution in [0.2, 0.25) is 5.02 Å². The average molecular weight is 330 g/mol. The summed E-state index contributed by atoms with van der Waals surface area (Å²) in [5.74, 6) is 0. The van der Waals surface area contributed by atoms with Gasteiger partial charge in [0.25, 0.3) is 0 Å². The summed E-state index contributed by atoms with van der Waals surface area (Å²) in [7, 11) is -3.64. The molecule has 5 nitrogen and oxygen atoms in total. The highest BCUT2D eigenvalue weighted by Crippen LogP contribution is 2.22. The molecule has 0 aromatic heterocycles. The zero-order chi connectivity index (χ0) is 15.9. The average Bonchev–Trinajstić information content (AvgIpc) is 2.47. The predicted molar refractivity (Wildman–Crippen MR) is 83.8 cm³/mol. The summed E-state index contributed by atoms with van der Waals surface area (Å²) < 4.78 is 26.8. The third kappa shape index (κ3) is 5.29. The fourth-order valence-corrected chi connectivity index (χ4v) is 3.53. The molecule has 116 valence electrons. The summed E-state index contributed by atoms with van der Waals surface area (Å²) in [6.45, 7) is 7.25. The molecule has 1 aromatic rings. The monoisotopic (exact) mass is 329 g/mol. The van der Waals surface area contributed by atoms with E-state index >= 15 is 0 Å². The summed E-state index contributed by atoms with van der Waals surface area (Å²) in [6.07, 6.45) is 0.731. The summed E-state index contributed by atoms with van der Waals surface area (Å²) in [6, 6.07) is 6.07. The molecule has 0 amide bonds. The second-order valence-corrected chi connectivity index (χ2v) is 6.68. The zero-order valence-corrected chi connectivity index (χ0v) is 13.8. The molecule has 0 atom stereocenters. The molecule has 7 heteroatoms. The van der Waals surface area contributed by atoms with Crippen LogP contribution in [0.25, 0.3) is 0 Å². The fraction of sp³-hybridized carbons (Fsp3) is 0.500. The minimum absolute atomic E-state index is 0.00556. The first kappa shape index (κ1) is 17.9. The van der Waals surface area contributed by atoms with Gasteiger partial charge in [-0.15, -0.1) is 0 Å². The molecule has 0 radical (unpaired) electrons. The van der Waals surface area contributed by atoms with Crippen molar-refractivity contribution in [3.63, 3.8) is 0 Å². The molecule has 0 heterocycles. The van der Waals surface area contributed by atoms with Crippen molar-refractivity contribution in [1.29, 1.82) is 5.26 Å². The molecular weight excluding hydrogens is 310 g/mol. The van der Waals surface area contributed by atoms with Crippen molar-refractivity contribution in [2.24, 2.45) is 0 Å². The van der Waals surface area contributed by atoms with E-state index in [4.69, 9.17) is 16.9 Å². The Morgan fingerprint density at radius 2 is 2.00 bits per heavy atom. The van der Waals surface area contributed by atoms with Crippen LogP contribution < -0.4 is 4.72 Å². The molecule has 0 saturated carbocycles. The molecular formula is C14H20ClN3O2S. The Labute approximate surface area is 131 Å². The van der Waals surface area contributed by atoms with Gasteiger partial charge in [0.15, 0.2) is 0 Å². The number of nitrogens with zero attached hydrogens (tertiary/aromatic N) is 2. The van der Waals surface area contributed by atoms with Gasteiger partial charge in [0.2, 0.25) is 10.0 Å². The van der Waals surface area contributed by atoms with Crippen LogP contribution in [0.1, 0.15) is 25.8 Å². The second-order valence-electron chi connectivity index (χ2n) is 4.54. The summed E-state index contributed by atoms with van der Waals surface area (Å²) in [4.78, 5) is 2.23. The molecule has 0 fully saturated rings. The van der Waals surface area contributed by atoms with Crippen molar-refractivity contribution in [3.8, 4) is 6.07 Å². The third-order valence-corrected chi connectivity index (χ3v) is 5.13. The molecule has 0 bridgehead atoms. The molecule has 1 N–H and O–H groups in total. The van der Waals surface area contributed by atoms with Gasteiger partial charge in [-0.1, -0.05) is 25.4 Å². The number of halogens is 1. The lowest BCUT2D eigenvalue weighted by molar-refractivity contribution is 0.300. The maximum absolute atomic E-state index is 12.1. The highest BCUT2D eigenvalue weighted by Gasteiger charge is 2.17. The van der Waals surface area contributed by atoms with E-state index in [0.29, 0.717) is 12.1 Å². The quantitative estimate of drug-likeness (QED) is 0.742. The van der Waals surface area contributed by atoms with Crippen LogP contribution in [-0.4, -0.2) is 39.5 Å². The number of nitriles is 1. The maximum atomic E-state index is 12.1. The molecule has 1 rings (SSSR count). The first-order chi connectivity index (χ1) is 9.94. The lowest BCUT2D eigenvalue weighted by Gasteiger charge is -2.17. The van der Waals surface area contributed by atoms with Gasteiger partial charge in [-0.3, -0.25) is 0 Å². The Balaban J connectivity index is 2.64. The van der Waals surface area contributed by atoms with E-state index < -0.39 is 10.0 Å². The molecule has 0 unspecified atom stereocenters.